The number of nitrogens with zero attached hydrogens (tertiary/aromatic N) is 3. The van der Waals surface area contributed by atoms with Crippen molar-refractivity contribution in [2.45, 2.75) is 45.2 Å². The number of rotatable bonds is 4. The molecule has 2 atom stereocenters. The number of aromatic nitrogens is 3. The molecule has 3 heterocycles. The van der Waals surface area contributed by atoms with E-state index in [-0.39, 0.29) is 0 Å². The van der Waals surface area contributed by atoms with E-state index in [0.717, 1.165) is 23.4 Å². The smallest absolute Gasteiger partial charge is 0.142 e. The molecule has 0 spiro atoms. The molecule has 0 saturated carbocycles. The fourth-order valence-electron chi connectivity index (χ4n) is 3.08. The van der Waals surface area contributed by atoms with E-state index in [1.54, 1.807) is 6.33 Å². The second-order valence-corrected chi connectivity index (χ2v) is 5.72. The Morgan fingerprint density at radius 2 is 2.30 bits per heavy atom. The summed E-state index contributed by atoms with van der Waals surface area (Å²) in [7, 11) is 0. The largest absolute Gasteiger partial charge is 0.365 e. The van der Waals surface area contributed by atoms with Gasteiger partial charge in [0.15, 0.2) is 0 Å². The molecular weight excluding hydrogens is 250 g/mol. The van der Waals surface area contributed by atoms with Gasteiger partial charge >= 0.3 is 0 Å². The Balaban J connectivity index is 1.73. The fourth-order valence-corrected chi connectivity index (χ4v) is 3.08. The van der Waals surface area contributed by atoms with Crippen LogP contribution in [0.2, 0.25) is 0 Å². The molecule has 1 aliphatic rings. The van der Waals surface area contributed by atoms with Gasteiger partial charge in [0.25, 0.3) is 0 Å². The van der Waals surface area contributed by atoms with Crippen molar-refractivity contribution in [2.75, 3.05) is 18.4 Å². The molecule has 5 heteroatoms. The number of likely N-dealkylation sites (tertiary alicyclic amines) is 1. The molecule has 1 saturated heterocycles. The van der Waals surface area contributed by atoms with Gasteiger partial charge in [-0.1, -0.05) is 6.92 Å². The van der Waals surface area contributed by atoms with Crippen LogP contribution in [0.15, 0.2) is 18.6 Å². The maximum absolute atomic E-state index is 4.40. The van der Waals surface area contributed by atoms with Gasteiger partial charge in [-0.25, -0.2) is 9.97 Å². The Labute approximate surface area is 119 Å². The highest BCUT2D eigenvalue weighted by atomic mass is 15.2. The van der Waals surface area contributed by atoms with E-state index in [1.807, 2.05) is 12.3 Å². The summed E-state index contributed by atoms with van der Waals surface area (Å²) in [4.78, 5) is 14.3. The van der Waals surface area contributed by atoms with Crippen LogP contribution >= 0.6 is 0 Å². The number of aromatic amines is 1. The molecule has 0 unspecified atom stereocenters. The lowest BCUT2D eigenvalue weighted by Crippen LogP contribution is -2.47. The Kier molecular flexibility index (Phi) is 3.87. The predicted molar refractivity (Wildman–Crippen MR) is 81.9 cm³/mol. The van der Waals surface area contributed by atoms with Gasteiger partial charge in [-0.2, -0.15) is 0 Å². The molecule has 1 aliphatic heterocycles. The summed E-state index contributed by atoms with van der Waals surface area (Å²) in [5, 5.41) is 4.68. The van der Waals surface area contributed by atoms with Crippen LogP contribution in [-0.2, 0) is 0 Å². The van der Waals surface area contributed by atoms with E-state index in [0.29, 0.717) is 12.1 Å². The Hall–Kier alpha value is -1.62. The molecule has 2 aromatic rings. The van der Waals surface area contributed by atoms with E-state index >= 15 is 0 Å². The number of piperidine rings is 1. The van der Waals surface area contributed by atoms with Crippen LogP contribution in [0.1, 0.15) is 33.1 Å². The summed E-state index contributed by atoms with van der Waals surface area (Å²) in [5.41, 5.74) is 0.900. The number of H-pyrrole nitrogens is 1. The Bertz CT molecular complexity index is 564. The van der Waals surface area contributed by atoms with Crippen LogP contribution in [-0.4, -0.2) is 45.0 Å². The van der Waals surface area contributed by atoms with Crippen molar-refractivity contribution in [1.29, 1.82) is 0 Å². The monoisotopic (exact) mass is 273 g/mol. The van der Waals surface area contributed by atoms with E-state index in [9.17, 15) is 0 Å². The van der Waals surface area contributed by atoms with Crippen LogP contribution in [0.25, 0.3) is 11.0 Å². The van der Waals surface area contributed by atoms with Crippen molar-refractivity contribution in [3.05, 3.63) is 18.6 Å². The molecule has 2 N–H and O–H groups in total. The molecular formula is C15H23N5. The first-order chi connectivity index (χ1) is 9.78. The lowest BCUT2D eigenvalue weighted by atomic mass is 9.99. The van der Waals surface area contributed by atoms with E-state index in [1.165, 1.54) is 25.8 Å². The molecule has 0 aromatic carbocycles. The number of hydrogen-bond donors (Lipinski definition) is 2. The molecule has 5 nitrogen and oxygen atoms in total. The van der Waals surface area contributed by atoms with Gasteiger partial charge in [0.1, 0.15) is 17.8 Å². The topological polar surface area (TPSA) is 56.8 Å². The molecule has 0 bridgehead atoms. The second kappa shape index (κ2) is 5.79. The van der Waals surface area contributed by atoms with Crippen LogP contribution < -0.4 is 5.32 Å². The van der Waals surface area contributed by atoms with Gasteiger partial charge in [-0.3, -0.25) is 4.90 Å². The van der Waals surface area contributed by atoms with Crippen LogP contribution in [0.4, 0.5) is 5.82 Å². The number of nitrogens with one attached hydrogen (secondary N) is 2. The summed E-state index contributed by atoms with van der Waals surface area (Å²) in [5.74, 6) is 0.951. The third-order valence-corrected chi connectivity index (χ3v) is 4.22. The predicted octanol–water partition coefficient (Wildman–Crippen LogP) is 2.63. The van der Waals surface area contributed by atoms with Crippen molar-refractivity contribution >= 4 is 16.9 Å². The van der Waals surface area contributed by atoms with Crippen molar-refractivity contribution in [1.82, 2.24) is 19.9 Å². The zero-order valence-electron chi connectivity index (χ0n) is 12.3. The van der Waals surface area contributed by atoms with Crippen molar-refractivity contribution in [3.63, 3.8) is 0 Å². The summed E-state index contributed by atoms with van der Waals surface area (Å²) in [6.45, 7) is 6.87. The standard InChI is InChI=1S/C15H23N5/c1-3-8-20-9-12(5-4-11(20)2)19-15-13-6-7-16-14(13)17-10-18-15/h6-7,10-12H,3-5,8-9H2,1-2H3,(H2,16,17,18,19)/t11-,12+/m0/s1. The maximum atomic E-state index is 4.40. The summed E-state index contributed by atoms with van der Waals surface area (Å²) >= 11 is 0. The van der Waals surface area contributed by atoms with Crippen LogP contribution in [0.5, 0.6) is 0 Å². The SMILES string of the molecule is CCCN1C[C@H](Nc2ncnc3[nH]ccc23)CC[C@@H]1C. The summed E-state index contributed by atoms with van der Waals surface area (Å²) in [6, 6.07) is 3.21. The average molecular weight is 273 g/mol. The molecule has 0 radical (unpaired) electrons. The van der Waals surface area contributed by atoms with Gasteiger partial charge in [0.05, 0.1) is 5.39 Å². The third-order valence-electron chi connectivity index (χ3n) is 4.22. The average Bonchev–Trinajstić information content (AvgIpc) is 2.92. The normalized spacial score (nSPS) is 24.1. The van der Waals surface area contributed by atoms with Gasteiger partial charge < -0.3 is 10.3 Å². The van der Waals surface area contributed by atoms with E-state index in [2.05, 4.69) is 39.0 Å². The lowest BCUT2D eigenvalue weighted by Gasteiger charge is -2.38. The van der Waals surface area contributed by atoms with Gasteiger partial charge in [0.2, 0.25) is 0 Å². The molecule has 2 aromatic heterocycles. The zero-order chi connectivity index (χ0) is 13.9. The highest BCUT2D eigenvalue weighted by molar-refractivity contribution is 5.86. The number of anilines is 1. The van der Waals surface area contributed by atoms with E-state index in [4.69, 9.17) is 0 Å². The summed E-state index contributed by atoms with van der Waals surface area (Å²) in [6.07, 6.45) is 7.20. The van der Waals surface area contributed by atoms with Gasteiger partial charge in [-0.05, 0) is 38.8 Å². The first kappa shape index (κ1) is 13.4. The van der Waals surface area contributed by atoms with Crippen LogP contribution in [0, 0.1) is 0 Å². The molecule has 108 valence electrons. The molecule has 0 amide bonds. The van der Waals surface area contributed by atoms with Gasteiger partial charge in [-0.15, -0.1) is 0 Å². The quantitative estimate of drug-likeness (QED) is 0.899. The zero-order valence-corrected chi connectivity index (χ0v) is 12.3. The minimum absolute atomic E-state index is 0.478. The Morgan fingerprint density at radius 3 is 3.15 bits per heavy atom. The van der Waals surface area contributed by atoms with Crippen LogP contribution in [0.3, 0.4) is 0 Å². The maximum Gasteiger partial charge on any atom is 0.142 e. The highest BCUT2D eigenvalue weighted by Crippen LogP contribution is 2.23. The summed E-state index contributed by atoms with van der Waals surface area (Å²) < 4.78 is 0. The minimum Gasteiger partial charge on any atom is -0.365 e. The highest BCUT2D eigenvalue weighted by Gasteiger charge is 2.25. The van der Waals surface area contributed by atoms with Crippen molar-refractivity contribution < 1.29 is 0 Å². The third kappa shape index (κ3) is 2.63. The first-order valence-corrected chi connectivity index (χ1v) is 7.56. The van der Waals surface area contributed by atoms with Crippen molar-refractivity contribution in [2.24, 2.45) is 0 Å². The molecule has 1 fully saturated rings. The molecule has 20 heavy (non-hydrogen) atoms. The lowest BCUT2D eigenvalue weighted by molar-refractivity contribution is 0.151. The molecule has 3 rings (SSSR count). The minimum atomic E-state index is 0.478. The Morgan fingerprint density at radius 1 is 1.40 bits per heavy atom. The first-order valence-electron chi connectivity index (χ1n) is 7.56. The van der Waals surface area contributed by atoms with Crippen molar-refractivity contribution in [3.8, 4) is 0 Å². The number of fused-ring (bicyclic) bond motifs is 1. The van der Waals surface area contributed by atoms with Gasteiger partial charge in [0, 0.05) is 24.8 Å². The second-order valence-electron chi connectivity index (χ2n) is 5.72. The fraction of sp³-hybridized carbons (Fsp3) is 0.600. The van der Waals surface area contributed by atoms with E-state index < -0.39 is 0 Å². The number of hydrogen-bond acceptors (Lipinski definition) is 4. The molecule has 0 aliphatic carbocycles.